The molecule has 4 aromatic carbocycles. The van der Waals surface area contributed by atoms with Crippen molar-refractivity contribution in [2.24, 2.45) is 0 Å². The van der Waals surface area contributed by atoms with E-state index in [0.717, 1.165) is 5.56 Å². The number of hydrogen-bond donors (Lipinski definition) is 2. The molecular formula is C45H34N2O2. The highest BCUT2D eigenvalue weighted by Gasteiger charge is 2.43. The average Bonchev–Trinajstić information content (AvgIpc) is 3.42. The standard InChI is InChI=1S/C45H34N2O2/c1-5-15-33(7-3)17-13-23-43(48)46-37(16-6-2)18-14-32-45(41-21-11-9-19-39(41)40-20-10-12-22-42(40)45)36-28-30-38(31-29-36)47-44(49)35-26-24-34(8-4)25-27-35/h1,3-4,6,9-22,24-31H,2,23,32H2,(H,46,48)(H,47,49)/b17-13-,18-14-,33-15-,37-16+. The third-order valence-corrected chi connectivity index (χ3v) is 8.32. The first-order valence-electron chi connectivity index (χ1n) is 15.7. The van der Waals surface area contributed by atoms with Gasteiger partial charge in [0.15, 0.2) is 0 Å². The van der Waals surface area contributed by atoms with Crippen molar-refractivity contribution in [3.05, 3.63) is 185 Å². The molecule has 0 radical (unpaired) electrons. The summed E-state index contributed by atoms with van der Waals surface area (Å²) in [7, 11) is 0. The Morgan fingerprint density at radius 2 is 1.45 bits per heavy atom. The van der Waals surface area contributed by atoms with Gasteiger partial charge in [0, 0.05) is 46.0 Å². The lowest BCUT2D eigenvalue weighted by atomic mass is 9.70. The predicted octanol–water partition coefficient (Wildman–Crippen LogP) is 8.51. The quantitative estimate of drug-likeness (QED) is 0.128. The summed E-state index contributed by atoms with van der Waals surface area (Å²) >= 11 is 0. The second kappa shape index (κ2) is 15.7. The van der Waals surface area contributed by atoms with Crippen molar-refractivity contribution in [3.8, 4) is 48.2 Å². The van der Waals surface area contributed by atoms with Crippen molar-refractivity contribution in [2.45, 2.75) is 18.3 Å². The number of amides is 2. The zero-order chi connectivity index (χ0) is 34.6. The molecule has 0 bridgehead atoms. The molecule has 0 unspecified atom stereocenters. The van der Waals surface area contributed by atoms with Gasteiger partial charge in [-0.2, -0.15) is 0 Å². The van der Waals surface area contributed by atoms with Crippen molar-refractivity contribution in [1.29, 1.82) is 0 Å². The van der Waals surface area contributed by atoms with Crippen LogP contribution in [0.25, 0.3) is 11.1 Å². The van der Waals surface area contributed by atoms with E-state index in [1.807, 2.05) is 18.2 Å². The van der Waals surface area contributed by atoms with Crippen molar-refractivity contribution in [3.63, 3.8) is 0 Å². The molecule has 0 spiro atoms. The van der Waals surface area contributed by atoms with Crippen LogP contribution in [0.15, 0.2) is 157 Å². The average molecular weight is 635 g/mol. The monoisotopic (exact) mass is 634 g/mol. The maximum Gasteiger partial charge on any atom is 0.255 e. The van der Waals surface area contributed by atoms with Crippen LogP contribution in [0.2, 0.25) is 0 Å². The Balaban J connectivity index is 1.44. The summed E-state index contributed by atoms with van der Waals surface area (Å²) in [4.78, 5) is 25.8. The van der Waals surface area contributed by atoms with Crippen molar-refractivity contribution < 1.29 is 9.59 Å². The fourth-order valence-electron chi connectivity index (χ4n) is 6.09. The molecule has 1 aliphatic rings. The van der Waals surface area contributed by atoms with E-state index < -0.39 is 5.41 Å². The Labute approximate surface area is 288 Å². The number of anilines is 1. The minimum atomic E-state index is -0.529. The lowest BCUT2D eigenvalue weighted by Gasteiger charge is -2.32. The normalized spacial score (nSPS) is 13.1. The highest BCUT2D eigenvalue weighted by atomic mass is 16.2. The zero-order valence-corrected chi connectivity index (χ0v) is 26.9. The second-order valence-electron chi connectivity index (χ2n) is 11.3. The van der Waals surface area contributed by atoms with Crippen LogP contribution in [0, 0.1) is 37.0 Å². The molecule has 0 atom stereocenters. The summed E-state index contributed by atoms with van der Waals surface area (Å²) in [6.07, 6.45) is 29.1. The Morgan fingerprint density at radius 3 is 2.04 bits per heavy atom. The number of benzene rings is 4. The van der Waals surface area contributed by atoms with Gasteiger partial charge in [-0.1, -0.05) is 103 Å². The Bertz CT molecular complexity index is 2090. The van der Waals surface area contributed by atoms with Crippen LogP contribution in [-0.4, -0.2) is 11.8 Å². The van der Waals surface area contributed by atoms with Crippen molar-refractivity contribution in [1.82, 2.24) is 5.32 Å². The molecular weight excluding hydrogens is 601 g/mol. The van der Waals surface area contributed by atoms with Crippen molar-refractivity contribution >= 4 is 17.5 Å². The van der Waals surface area contributed by atoms with E-state index in [2.05, 4.69) is 102 Å². The number of fused-ring (bicyclic) bond motifs is 3. The van der Waals surface area contributed by atoms with Gasteiger partial charge in [-0.25, -0.2) is 0 Å². The number of hydrogen-bond acceptors (Lipinski definition) is 2. The first-order chi connectivity index (χ1) is 23.9. The van der Waals surface area contributed by atoms with E-state index in [9.17, 15) is 9.59 Å². The first-order valence-corrected chi connectivity index (χ1v) is 15.7. The fraction of sp³-hybridized carbons (Fsp3) is 0.0667. The minimum Gasteiger partial charge on any atom is -0.326 e. The van der Waals surface area contributed by atoms with Gasteiger partial charge in [-0.05, 0) is 88.9 Å². The van der Waals surface area contributed by atoms with Gasteiger partial charge < -0.3 is 10.6 Å². The minimum absolute atomic E-state index is 0.121. The highest BCUT2D eigenvalue weighted by Crippen LogP contribution is 2.54. The predicted molar refractivity (Wildman–Crippen MR) is 200 cm³/mol. The largest absolute Gasteiger partial charge is 0.326 e. The summed E-state index contributed by atoms with van der Waals surface area (Å²) in [6.45, 7) is 3.82. The van der Waals surface area contributed by atoms with E-state index in [4.69, 9.17) is 19.3 Å². The second-order valence-corrected chi connectivity index (χ2v) is 11.3. The smallest absolute Gasteiger partial charge is 0.255 e. The van der Waals surface area contributed by atoms with Crippen LogP contribution in [0.3, 0.4) is 0 Å². The number of rotatable bonds is 11. The molecule has 0 fully saturated rings. The molecule has 5 rings (SSSR count). The van der Waals surface area contributed by atoms with E-state index in [1.54, 1.807) is 48.6 Å². The number of carbonyl (C=O) groups excluding carboxylic acids is 2. The van der Waals surface area contributed by atoms with Crippen LogP contribution < -0.4 is 10.6 Å². The number of nitrogens with one attached hydrogen (secondary N) is 2. The molecule has 49 heavy (non-hydrogen) atoms. The van der Waals surface area contributed by atoms with Crippen molar-refractivity contribution in [2.75, 3.05) is 5.32 Å². The molecule has 0 aromatic heterocycles. The number of carbonyl (C=O) groups is 2. The third-order valence-electron chi connectivity index (χ3n) is 8.32. The van der Waals surface area contributed by atoms with Crippen LogP contribution in [0.4, 0.5) is 5.69 Å². The maximum absolute atomic E-state index is 13.0. The molecule has 0 saturated heterocycles. The third kappa shape index (κ3) is 7.45. The molecule has 2 amide bonds. The molecule has 0 saturated carbocycles. The molecule has 0 heterocycles. The summed E-state index contributed by atoms with van der Waals surface area (Å²) < 4.78 is 0. The summed E-state index contributed by atoms with van der Waals surface area (Å²) in [5.74, 6) is 7.02. The van der Waals surface area contributed by atoms with Gasteiger partial charge >= 0.3 is 0 Å². The lowest BCUT2D eigenvalue weighted by molar-refractivity contribution is -0.119. The van der Waals surface area contributed by atoms with Gasteiger partial charge in [0.1, 0.15) is 0 Å². The van der Waals surface area contributed by atoms with Gasteiger partial charge in [-0.3, -0.25) is 9.59 Å². The Morgan fingerprint density at radius 1 is 0.796 bits per heavy atom. The fourth-order valence-corrected chi connectivity index (χ4v) is 6.09. The van der Waals surface area contributed by atoms with Crippen LogP contribution in [0.1, 0.15) is 45.5 Å². The van der Waals surface area contributed by atoms with Crippen LogP contribution in [-0.2, 0) is 10.2 Å². The molecule has 1 aliphatic carbocycles. The molecule has 0 aliphatic heterocycles. The van der Waals surface area contributed by atoms with Crippen LogP contribution in [0.5, 0.6) is 0 Å². The first kappa shape index (κ1) is 33.6. The van der Waals surface area contributed by atoms with E-state index in [0.29, 0.717) is 34.5 Å². The van der Waals surface area contributed by atoms with E-state index >= 15 is 0 Å². The summed E-state index contributed by atoms with van der Waals surface area (Å²) in [5, 5.41) is 5.95. The SMILES string of the molecule is C#C/C=C(C#C)\C=C/CC(=O)NC(/C=C\CC1(c2ccc(NC(=O)c3ccc(C#C)cc3)cc2)c2ccccc2-c2ccccc21)=C/C=C. The zero-order valence-electron chi connectivity index (χ0n) is 26.9. The number of allylic oxidation sites excluding steroid dienone is 7. The van der Waals surface area contributed by atoms with Crippen LogP contribution >= 0.6 is 0 Å². The highest BCUT2D eigenvalue weighted by molar-refractivity contribution is 6.04. The topological polar surface area (TPSA) is 58.2 Å². The molecule has 4 nitrogen and oxygen atoms in total. The number of terminal acetylenes is 3. The Kier molecular flexibility index (Phi) is 10.7. The van der Waals surface area contributed by atoms with E-state index in [-0.39, 0.29) is 18.2 Å². The van der Waals surface area contributed by atoms with Gasteiger partial charge in [0.25, 0.3) is 5.91 Å². The molecule has 236 valence electrons. The molecule has 4 heteroatoms. The van der Waals surface area contributed by atoms with Gasteiger partial charge in [-0.15, -0.1) is 19.3 Å². The molecule has 2 N–H and O–H groups in total. The van der Waals surface area contributed by atoms with E-state index in [1.165, 1.54) is 28.3 Å². The maximum atomic E-state index is 13.0. The lowest BCUT2D eigenvalue weighted by Crippen LogP contribution is -2.26. The summed E-state index contributed by atoms with van der Waals surface area (Å²) in [6, 6.07) is 31.8. The Hall–Kier alpha value is -6.80. The summed E-state index contributed by atoms with van der Waals surface area (Å²) in [5.41, 5.74) is 8.28. The molecule has 4 aromatic rings. The van der Waals surface area contributed by atoms with Gasteiger partial charge in [0.05, 0.1) is 0 Å². The van der Waals surface area contributed by atoms with Gasteiger partial charge in [0.2, 0.25) is 5.91 Å².